The molecule has 1 heteroatoms. The van der Waals surface area contributed by atoms with Crippen LogP contribution in [0.25, 0.3) is 0 Å². The largest absolute Gasteiger partial charge is 0.0697 e. The Balaban J connectivity index is 5.76. The highest BCUT2D eigenvalue weighted by Gasteiger charge is 2.58. The maximum absolute atomic E-state index is 2.50. The fourth-order valence-electron chi connectivity index (χ4n) is 5.01. The smallest absolute Gasteiger partial charge is 0.0628 e. The van der Waals surface area contributed by atoms with Crippen molar-refractivity contribution in [2.45, 2.75) is 104 Å². The van der Waals surface area contributed by atoms with Gasteiger partial charge in [0.1, 0.15) is 0 Å². The molecule has 0 radical (unpaired) electrons. The van der Waals surface area contributed by atoms with E-state index in [0.29, 0.717) is 15.1 Å². The van der Waals surface area contributed by atoms with E-state index in [2.05, 4.69) is 76.2 Å². The van der Waals surface area contributed by atoms with Crippen molar-refractivity contribution in [2.24, 2.45) is 5.92 Å². The van der Waals surface area contributed by atoms with Crippen LogP contribution in [-0.4, -0.2) is 8.07 Å². The first-order chi connectivity index (χ1) is 7.67. The first-order valence-corrected chi connectivity index (χ1v) is 9.87. The third kappa shape index (κ3) is 3.40. The van der Waals surface area contributed by atoms with E-state index in [9.17, 15) is 0 Å². The van der Waals surface area contributed by atoms with Gasteiger partial charge in [0.2, 0.25) is 0 Å². The molecule has 110 valence electrons. The molecule has 0 aromatic heterocycles. The van der Waals surface area contributed by atoms with Gasteiger partial charge in [0.25, 0.3) is 0 Å². The van der Waals surface area contributed by atoms with Gasteiger partial charge in [-0.1, -0.05) is 88.6 Å². The minimum atomic E-state index is -1.46. The molecule has 0 aromatic carbocycles. The van der Waals surface area contributed by atoms with Gasteiger partial charge in [-0.15, -0.1) is 0 Å². The average Bonchev–Trinajstić information content (AvgIpc) is 1.94. The molecule has 0 aliphatic rings. The van der Waals surface area contributed by atoms with Gasteiger partial charge in [-0.2, -0.15) is 0 Å². The van der Waals surface area contributed by atoms with Crippen molar-refractivity contribution in [1.82, 2.24) is 0 Å². The lowest BCUT2D eigenvalue weighted by Gasteiger charge is -2.60. The monoisotopic (exact) mass is 270 g/mol. The molecule has 0 aliphatic heterocycles. The second-order valence-electron chi connectivity index (χ2n) is 9.59. The number of rotatable bonds is 3. The van der Waals surface area contributed by atoms with Crippen LogP contribution in [0.15, 0.2) is 0 Å². The summed E-state index contributed by atoms with van der Waals surface area (Å²) in [5.41, 5.74) is 0. The van der Waals surface area contributed by atoms with Gasteiger partial charge in [0.05, 0.1) is 8.07 Å². The van der Waals surface area contributed by atoms with E-state index in [4.69, 9.17) is 0 Å². The van der Waals surface area contributed by atoms with E-state index in [1.54, 1.807) is 0 Å². The lowest BCUT2D eigenvalue weighted by atomic mass is 10.2. The molecule has 0 fully saturated rings. The maximum atomic E-state index is 2.50. The van der Waals surface area contributed by atoms with Crippen LogP contribution < -0.4 is 0 Å². The van der Waals surface area contributed by atoms with Gasteiger partial charge in [0.15, 0.2) is 0 Å². The van der Waals surface area contributed by atoms with Crippen molar-refractivity contribution in [3.8, 4) is 0 Å². The van der Waals surface area contributed by atoms with Crippen LogP contribution in [0.5, 0.6) is 0 Å². The van der Waals surface area contributed by atoms with Crippen molar-refractivity contribution < 1.29 is 0 Å². The Bertz CT molecular complexity index is 219. The molecule has 0 rings (SSSR count). The average molecular weight is 271 g/mol. The Morgan fingerprint density at radius 3 is 1.11 bits per heavy atom. The highest BCUT2D eigenvalue weighted by molar-refractivity contribution is 6.87. The summed E-state index contributed by atoms with van der Waals surface area (Å²) in [5, 5.41) is 1.37. The molecule has 0 amide bonds. The summed E-state index contributed by atoms with van der Waals surface area (Å²) >= 11 is 0. The summed E-state index contributed by atoms with van der Waals surface area (Å²) in [5.74, 6) is 0.823. The van der Waals surface area contributed by atoms with Crippen molar-refractivity contribution in [1.29, 1.82) is 0 Å². The molecule has 18 heavy (non-hydrogen) atoms. The van der Waals surface area contributed by atoms with Crippen LogP contribution in [0.3, 0.4) is 0 Å². The summed E-state index contributed by atoms with van der Waals surface area (Å²) < 4.78 is 0. The first kappa shape index (κ1) is 18.2. The molecule has 0 nitrogen and oxygen atoms in total. The van der Waals surface area contributed by atoms with Crippen LogP contribution in [-0.2, 0) is 0 Å². The molecule has 0 unspecified atom stereocenters. The molecule has 0 aliphatic carbocycles. The SMILES string of the molecule is CC(C)CC[Si](C(C)(C)C)(C(C)(C)C)C(C)(C)C. The van der Waals surface area contributed by atoms with Crippen LogP contribution in [0.2, 0.25) is 21.2 Å². The van der Waals surface area contributed by atoms with Crippen LogP contribution in [0, 0.1) is 5.92 Å². The van der Waals surface area contributed by atoms with E-state index in [1.807, 2.05) is 0 Å². The highest BCUT2D eigenvalue weighted by Crippen LogP contribution is 2.64. The summed E-state index contributed by atoms with van der Waals surface area (Å²) in [6, 6.07) is 1.46. The molecule has 0 N–H and O–H groups in total. The molecule has 0 spiro atoms. The van der Waals surface area contributed by atoms with E-state index in [1.165, 1.54) is 12.5 Å². The third-order valence-electron chi connectivity index (χ3n) is 4.94. The topological polar surface area (TPSA) is 0 Å². The molecule has 0 heterocycles. The van der Waals surface area contributed by atoms with Crippen LogP contribution in [0.1, 0.15) is 82.6 Å². The van der Waals surface area contributed by atoms with Crippen LogP contribution in [0.4, 0.5) is 0 Å². The zero-order valence-corrected chi connectivity index (χ0v) is 16.0. The van der Waals surface area contributed by atoms with E-state index >= 15 is 0 Å². The Morgan fingerprint density at radius 2 is 0.944 bits per heavy atom. The summed E-state index contributed by atoms with van der Waals surface area (Å²) in [6.45, 7) is 27.2. The third-order valence-corrected chi connectivity index (χ3v) is 13.7. The summed E-state index contributed by atoms with van der Waals surface area (Å²) in [7, 11) is -1.46. The zero-order chi connectivity index (χ0) is 15.0. The van der Waals surface area contributed by atoms with E-state index in [-0.39, 0.29) is 0 Å². The van der Waals surface area contributed by atoms with Crippen molar-refractivity contribution >= 4 is 8.07 Å². The normalized spacial score (nSPS) is 15.3. The molecule has 0 saturated carbocycles. The zero-order valence-electron chi connectivity index (χ0n) is 15.0. The Kier molecular flexibility index (Phi) is 5.37. The first-order valence-electron chi connectivity index (χ1n) is 7.67. The quantitative estimate of drug-likeness (QED) is 0.490. The fourth-order valence-corrected chi connectivity index (χ4v) is 15.0. The molecule has 0 bridgehead atoms. The Labute approximate surface area is 118 Å². The van der Waals surface area contributed by atoms with Crippen molar-refractivity contribution in [3.63, 3.8) is 0 Å². The van der Waals surface area contributed by atoms with Gasteiger partial charge in [-0.25, -0.2) is 0 Å². The summed E-state index contributed by atoms with van der Waals surface area (Å²) in [6.07, 6.45) is 1.39. The minimum Gasteiger partial charge on any atom is -0.0628 e. The van der Waals surface area contributed by atoms with Gasteiger partial charge < -0.3 is 0 Å². The Hall–Kier alpha value is 0.217. The predicted molar refractivity (Wildman–Crippen MR) is 89.2 cm³/mol. The number of hydrogen-bond donors (Lipinski definition) is 0. The molecular formula is C17H38Si. The summed E-state index contributed by atoms with van der Waals surface area (Å²) in [4.78, 5) is 0. The van der Waals surface area contributed by atoms with Gasteiger partial charge in [-0.05, 0) is 21.0 Å². The van der Waals surface area contributed by atoms with Gasteiger partial charge in [0, 0.05) is 0 Å². The van der Waals surface area contributed by atoms with E-state index in [0.717, 1.165) is 5.92 Å². The van der Waals surface area contributed by atoms with Gasteiger partial charge in [-0.3, -0.25) is 0 Å². The molecule has 0 atom stereocenters. The lowest BCUT2D eigenvalue weighted by molar-refractivity contribution is 0.505. The van der Waals surface area contributed by atoms with Crippen molar-refractivity contribution in [3.05, 3.63) is 0 Å². The van der Waals surface area contributed by atoms with Crippen molar-refractivity contribution in [2.75, 3.05) is 0 Å². The second-order valence-corrected chi connectivity index (χ2v) is 16.4. The maximum Gasteiger partial charge on any atom is 0.0697 e. The number of hydrogen-bond acceptors (Lipinski definition) is 0. The second kappa shape index (κ2) is 5.30. The Morgan fingerprint density at radius 1 is 0.667 bits per heavy atom. The molecule has 0 aromatic rings. The minimum absolute atomic E-state index is 0.457. The fraction of sp³-hybridized carbons (Fsp3) is 1.00. The van der Waals surface area contributed by atoms with Crippen LogP contribution >= 0.6 is 0 Å². The van der Waals surface area contributed by atoms with E-state index < -0.39 is 8.07 Å². The standard InChI is InChI=1S/C17H38Si/c1-14(2)12-13-18(15(3,4)5,16(6,7)8)17(9,10)11/h14H,12-13H2,1-11H3. The molecular weight excluding hydrogens is 232 g/mol. The highest BCUT2D eigenvalue weighted by atomic mass is 28.3. The molecule has 0 saturated heterocycles. The van der Waals surface area contributed by atoms with Gasteiger partial charge >= 0.3 is 0 Å². The lowest BCUT2D eigenvalue weighted by Crippen LogP contribution is -2.58. The predicted octanol–water partition coefficient (Wildman–Crippen LogP) is 6.88.